The number of benzene rings is 1. The summed E-state index contributed by atoms with van der Waals surface area (Å²) in [4.78, 5) is 14.8. The zero-order valence-corrected chi connectivity index (χ0v) is 16.2. The summed E-state index contributed by atoms with van der Waals surface area (Å²) in [6.07, 6.45) is 4.65. The van der Waals surface area contributed by atoms with Gasteiger partial charge in [-0.1, -0.05) is 35.1 Å². The number of amides is 1. The lowest BCUT2D eigenvalue weighted by Gasteiger charge is -2.59. The van der Waals surface area contributed by atoms with E-state index in [4.69, 9.17) is 4.52 Å². The first kappa shape index (κ1) is 17.3. The summed E-state index contributed by atoms with van der Waals surface area (Å²) in [5.74, 6) is 0.766. The molecule has 1 heterocycles. The van der Waals surface area contributed by atoms with Crippen LogP contribution in [0.1, 0.15) is 54.8 Å². The van der Waals surface area contributed by atoms with Crippen LogP contribution in [0, 0.1) is 18.8 Å². The van der Waals surface area contributed by atoms with Crippen LogP contribution in [0.5, 0.6) is 0 Å². The maximum absolute atomic E-state index is 15.2. The number of halogens is 1. The molecule has 1 amide bonds. The molecule has 0 radical (unpaired) electrons. The molecule has 142 valence electrons. The van der Waals surface area contributed by atoms with E-state index in [0.29, 0.717) is 36.8 Å². The molecule has 27 heavy (non-hydrogen) atoms. The predicted octanol–water partition coefficient (Wildman–Crippen LogP) is 4.92. The number of alkyl halides is 1. The summed E-state index contributed by atoms with van der Waals surface area (Å²) >= 11 is 1.48. The van der Waals surface area contributed by atoms with Crippen molar-refractivity contribution in [2.75, 3.05) is 0 Å². The third-order valence-electron chi connectivity index (χ3n) is 6.35. The van der Waals surface area contributed by atoms with Crippen molar-refractivity contribution in [1.82, 2.24) is 10.5 Å². The number of carbonyl (C=O) groups is 1. The Morgan fingerprint density at radius 3 is 2.59 bits per heavy atom. The summed E-state index contributed by atoms with van der Waals surface area (Å²) in [7, 11) is 0. The lowest BCUT2D eigenvalue weighted by atomic mass is 9.51. The molecule has 2 atom stereocenters. The molecule has 4 nitrogen and oxygen atoms in total. The van der Waals surface area contributed by atoms with E-state index in [1.54, 1.807) is 0 Å². The monoisotopic (exact) mass is 386 g/mol. The van der Waals surface area contributed by atoms with Crippen LogP contribution in [0.3, 0.4) is 0 Å². The van der Waals surface area contributed by atoms with Crippen LogP contribution in [0.25, 0.3) is 0 Å². The molecule has 4 aliphatic carbocycles. The van der Waals surface area contributed by atoms with E-state index in [1.165, 1.54) is 11.8 Å². The number of aromatic nitrogens is 1. The molecule has 0 saturated heterocycles. The maximum Gasteiger partial charge on any atom is 0.291 e. The Bertz CT molecular complexity index is 868. The topological polar surface area (TPSA) is 55.1 Å². The van der Waals surface area contributed by atoms with Crippen molar-refractivity contribution in [3.05, 3.63) is 41.8 Å². The van der Waals surface area contributed by atoms with Gasteiger partial charge in [0.1, 0.15) is 5.67 Å². The first-order valence-electron chi connectivity index (χ1n) is 9.64. The molecule has 4 fully saturated rings. The minimum atomic E-state index is -1.10. The molecule has 1 N–H and O–H groups in total. The first-order valence-corrected chi connectivity index (χ1v) is 10.5. The lowest BCUT2D eigenvalue weighted by Crippen LogP contribution is -2.64. The Kier molecular flexibility index (Phi) is 3.90. The van der Waals surface area contributed by atoms with Gasteiger partial charge in [-0.2, -0.15) is 0 Å². The highest BCUT2D eigenvalue weighted by atomic mass is 32.2. The number of nitrogens with zero attached hydrogens (tertiary/aromatic N) is 1. The summed E-state index contributed by atoms with van der Waals surface area (Å²) in [6.45, 7) is 1.84. The normalized spacial score (nSPS) is 34.0. The van der Waals surface area contributed by atoms with E-state index >= 15 is 4.39 Å². The standard InChI is InChI=1S/C21H23FN2O2S/c1-13-18(27-16-5-3-2-4-6-16)17(26-24-13)19(25)23-21-10-14-7-15(11-21)9-20(22,8-14)12-21/h2-6,14-15H,7-12H2,1H3,(H,23,25). The van der Waals surface area contributed by atoms with Gasteiger partial charge in [0.2, 0.25) is 5.76 Å². The molecule has 0 aliphatic heterocycles. The van der Waals surface area contributed by atoms with E-state index in [2.05, 4.69) is 10.5 Å². The smallest absolute Gasteiger partial charge is 0.291 e. The van der Waals surface area contributed by atoms with Gasteiger partial charge in [-0.15, -0.1) is 0 Å². The fraction of sp³-hybridized carbons (Fsp3) is 0.524. The second-order valence-corrected chi connectivity index (χ2v) is 9.77. The van der Waals surface area contributed by atoms with Crippen molar-refractivity contribution in [1.29, 1.82) is 0 Å². The average Bonchev–Trinajstić information content (AvgIpc) is 2.94. The van der Waals surface area contributed by atoms with Gasteiger partial charge in [0.25, 0.3) is 5.91 Å². The van der Waals surface area contributed by atoms with Gasteiger partial charge in [0.15, 0.2) is 0 Å². The van der Waals surface area contributed by atoms with Gasteiger partial charge < -0.3 is 9.84 Å². The van der Waals surface area contributed by atoms with E-state index in [0.717, 1.165) is 29.1 Å². The molecular weight excluding hydrogens is 363 g/mol. The van der Waals surface area contributed by atoms with Crippen LogP contribution in [0.15, 0.2) is 44.6 Å². The first-order chi connectivity index (χ1) is 12.9. The summed E-state index contributed by atoms with van der Waals surface area (Å²) in [5, 5.41) is 7.19. The Hall–Kier alpha value is -1.82. The average molecular weight is 386 g/mol. The predicted molar refractivity (Wildman–Crippen MR) is 101 cm³/mol. The minimum Gasteiger partial charge on any atom is -0.350 e. The van der Waals surface area contributed by atoms with Gasteiger partial charge in [-0.05, 0) is 63.0 Å². The summed E-state index contributed by atoms with van der Waals surface area (Å²) in [6, 6.07) is 9.86. The third-order valence-corrected chi connectivity index (χ3v) is 7.54. The largest absolute Gasteiger partial charge is 0.350 e. The molecule has 1 aromatic heterocycles. The van der Waals surface area contributed by atoms with Gasteiger partial charge in [0, 0.05) is 16.9 Å². The van der Waals surface area contributed by atoms with Crippen molar-refractivity contribution < 1.29 is 13.7 Å². The van der Waals surface area contributed by atoms with Crippen molar-refractivity contribution in [3.63, 3.8) is 0 Å². The van der Waals surface area contributed by atoms with Crippen LogP contribution in [-0.2, 0) is 0 Å². The van der Waals surface area contributed by atoms with E-state index < -0.39 is 11.2 Å². The van der Waals surface area contributed by atoms with Crippen molar-refractivity contribution >= 4 is 17.7 Å². The molecule has 1 aromatic carbocycles. The summed E-state index contributed by atoms with van der Waals surface area (Å²) in [5.41, 5.74) is -0.830. The van der Waals surface area contributed by atoms with E-state index in [1.807, 2.05) is 37.3 Å². The van der Waals surface area contributed by atoms with E-state index in [9.17, 15) is 4.79 Å². The van der Waals surface area contributed by atoms with Crippen molar-refractivity contribution in [2.24, 2.45) is 11.8 Å². The lowest BCUT2D eigenvalue weighted by molar-refractivity contribution is -0.0939. The summed E-state index contributed by atoms with van der Waals surface area (Å²) < 4.78 is 20.6. The number of hydrogen-bond donors (Lipinski definition) is 1. The van der Waals surface area contributed by atoms with Crippen LogP contribution in [0.4, 0.5) is 4.39 Å². The molecule has 6 heteroatoms. The molecule has 4 saturated carbocycles. The number of aryl methyl sites for hydroxylation is 1. The number of rotatable bonds is 4. The second kappa shape index (κ2) is 6.09. The Balaban J connectivity index is 1.39. The highest BCUT2D eigenvalue weighted by molar-refractivity contribution is 7.99. The van der Waals surface area contributed by atoms with Gasteiger partial charge >= 0.3 is 0 Å². The zero-order valence-electron chi connectivity index (χ0n) is 15.3. The van der Waals surface area contributed by atoms with E-state index in [-0.39, 0.29) is 11.7 Å². The van der Waals surface area contributed by atoms with Crippen LogP contribution < -0.4 is 5.32 Å². The number of nitrogens with one attached hydrogen (secondary N) is 1. The molecular formula is C21H23FN2O2S. The maximum atomic E-state index is 15.2. The third kappa shape index (κ3) is 3.08. The zero-order chi connectivity index (χ0) is 18.6. The minimum absolute atomic E-state index is 0.241. The highest BCUT2D eigenvalue weighted by Gasteiger charge is 2.59. The highest BCUT2D eigenvalue weighted by Crippen LogP contribution is 2.59. The SMILES string of the molecule is Cc1noc(C(=O)NC23CC4CC(CC(F)(C4)C2)C3)c1Sc1ccccc1. The molecule has 4 aliphatic rings. The Labute approximate surface area is 162 Å². The number of carbonyl (C=O) groups excluding carboxylic acids is 1. The van der Waals surface area contributed by atoms with Crippen molar-refractivity contribution in [3.8, 4) is 0 Å². The van der Waals surface area contributed by atoms with Crippen LogP contribution in [-0.4, -0.2) is 22.3 Å². The Morgan fingerprint density at radius 2 is 1.93 bits per heavy atom. The quantitative estimate of drug-likeness (QED) is 0.810. The van der Waals surface area contributed by atoms with Gasteiger partial charge in [-0.3, -0.25) is 4.79 Å². The van der Waals surface area contributed by atoms with Crippen LogP contribution in [0.2, 0.25) is 0 Å². The van der Waals surface area contributed by atoms with Gasteiger partial charge in [0.05, 0.1) is 10.6 Å². The molecule has 6 rings (SSSR count). The van der Waals surface area contributed by atoms with Gasteiger partial charge in [-0.25, -0.2) is 4.39 Å². The van der Waals surface area contributed by atoms with Crippen LogP contribution >= 0.6 is 11.8 Å². The molecule has 2 aromatic rings. The fourth-order valence-electron chi connectivity index (χ4n) is 5.83. The molecule has 0 spiro atoms. The van der Waals surface area contributed by atoms with Crippen molar-refractivity contribution in [2.45, 2.75) is 66.4 Å². The molecule has 2 unspecified atom stereocenters. The Morgan fingerprint density at radius 1 is 1.22 bits per heavy atom. The number of hydrogen-bond acceptors (Lipinski definition) is 4. The second-order valence-electron chi connectivity index (χ2n) is 8.69. The fourth-order valence-corrected chi connectivity index (χ4v) is 6.76. The molecule has 4 bridgehead atoms.